The van der Waals surface area contributed by atoms with Gasteiger partial charge in [0.1, 0.15) is 18.1 Å². The molecular formula is C26H36N2O5S. The zero-order chi connectivity index (χ0) is 24.3. The van der Waals surface area contributed by atoms with E-state index < -0.39 is 6.10 Å². The molecule has 1 aliphatic heterocycles. The van der Waals surface area contributed by atoms with Gasteiger partial charge in [-0.1, -0.05) is 19.1 Å². The summed E-state index contributed by atoms with van der Waals surface area (Å²) in [7, 11) is 1.63. The van der Waals surface area contributed by atoms with Crippen molar-refractivity contribution in [1.82, 2.24) is 9.80 Å². The van der Waals surface area contributed by atoms with Gasteiger partial charge < -0.3 is 24.2 Å². The minimum Gasteiger partial charge on any atom is -0.497 e. The minimum atomic E-state index is -0.656. The predicted molar refractivity (Wildman–Crippen MR) is 135 cm³/mol. The van der Waals surface area contributed by atoms with Gasteiger partial charge in [0.25, 0.3) is 0 Å². The number of hydrogen-bond donors (Lipinski definition) is 1. The van der Waals surface area contributed by atoms with E-state index in [2.05, 4.69) is 24.9 Å². The topological polar surface area (TPSA) is 71.5 Å². The monoisotopic (exact) mass is 488 g/mol. The van der Waals surface area contributed by atoms with Gasteiger partial charge in [-0.25, -0.2) is 0 Å². The summed E-state index contributed by atoms with van der Waals surface area (Å²) in [5.41, 5.74) is 1.16. The fourth-order valence-corrected chi connectivity index (χ4v) is 5.14. The normalized spacial score (nSPS) is 16.2. The molecule has 1 aromatic heterocycles. The lowest BCUT2D eigenvalue weighted by atomic mass is 10.0. The van der Waals surface area contributed by atoms with Crippen LogP contribution >= 0.6 is 11.3 Å². The molecule has 0 spiro atoms. The highest BCUT2D eigenvalue weighted by Gasteiger charge is 2.33. The summed E-state index contributed by atoms with van der Waals surface area (Å²) in [5.74, 6) is 1.49. The summed E-state index contributed by atoms with van der Waals surface area (Å²) in [5, 5.41) is 12.4. The van der Waals surface area contributed by atoms with Gasteiger partial charge in [0.05, 0.1) is 39.0 Å². The Hall–Kier alpha value is -2.39. The van der Waals surface area contributed by atoms with Gasteiger partial charge in [-0.2, -0.15) is 0 Å². The van der Waals surface area contributed by atoms with Crippen LogP contribution in [-0.2, 0) is 16.0 Å². The van der Waals surface area contributed by atoms with E-state index in [1.807, 2.05) is 34.1 Å². The number of aliphatic hydroxyl groups is 1. The molecule has 1 aromatic carbocycles. The maximum atomic E-state index is 13.5. The second-order valence-corrected chi connectivity index (χ2v) is 9.36. The molecule has 0 aliphatic carbocycles. The number of hydrogen-bond acceptors (Lipinski definition) is 7. The zero-order valence-electron chi connectivity index (χ0n) is 20.2. The van der Waals surface area contributed by atoms with Crippen LogP contribution in [0.25, 0.3) is 0 Å². The van der Waals surface area contributed by atoms with Crippen LogP contribution in [0.4, 0.5) is 0 Å². The SMILES string of the molecule is C=CCOC[C@@H](O)CN(CCC)CC(=O)N1CCc2sccc2[C@@H]1COc1cccc(OC)c1. The zero-order valence-corrected chi connectivity index (χ0v) is 21.0. The Labute approximate surface area is 206 Å². The van der Waals surface area contributed by atoms with Crippen molar-refractivity contribution in [2.45, 2.75) is 31.9 Å². The molecule has 34 heavy (non-hydrogen) atoms. The highest BCUT2D eigenvalue weighted by molar-refractivity contribution is 7.10. The summed E-state index contributed by atoms with van der Waals surface area (Å²) in [6.45, 7) is 8.70. The molecule has 0 radical (unpaired) electrons. The third-order valence-corrected chi connectivity index (χ3v) is 6.77. The average Bonchev–Trinajstić information content (AvgIpc) is 3.32. The second-order valence-electron chi connectivity index (χ2n) is 8.36. The molecule has 0 bridgehead atoms. The molecule has 0 saturated carbocycles. The molecule has 0 saturated heterocycles. The smallest absolute Gasteiger partial charge is 0.237 e. The van der Waals surface area contributed by atoms with E-state index in [0.29, 0.717) is 32.1 Å². The van der Waals surface area contributed by atoms with Gasteiger partial charge in [0.15, 0.2) is 0 Å². The molecule has 2 heterocycles. The van der Waals surface area contributed by atoms with Crippen LogP contribution in [0.15, 0.2) is 48.4 Å². The molecule has 186 valence electrons. The molecule has 3 rings (SSSR count). The van der Waals surface area contributed by atoms with Crippen molar-refractivity contribution < 1.29 is 24.1 Å². The Morgan fingerprint density at radius 1 is 1.38 bits per heavy atom. The summed E-state index contributed by atoms with van der Waals surface area (Å²) >= 11 is 1.73. The molecule has 8 heteroatoms. The second kappa shape index (κ2) is 13.5. The lowest BCUT2D eigenvalue weighted by Crippen LogP contribution is -2.48. The Bertz CT molecular complexity index is 918. The van der Waals surface area contributed by atoms with Crippen molar-refractivity contribution in [3.63, 3.8) is 0 Å². The van der Waals surface area contributed by atoms with E-state index in [-0.39, 0.29) is 25.1 Å². The molecule has 1 amide bonds. The first-order valence-electron chi connectivity index (χ1n) is 11.8. The first-order chi connectivity index (χ1) is 16.5. The van der Waals surface area contributed by atoms with E-state index in [9.17, 15) is 9.90 Å². The summed E-state index contributed by atoms with van der Waals surface area (Å²) < 4.78 is 16.8. The van der Waals surface area contributed by atoms with E-state index in [4.69, 9.17) is 14.2 Å². The van der Waals surface area contributed by atoms with Crippen LogP contribution in [0.2, 0.25) is 0 Å². The first kappa shape index (κ1) is 26.2. The number of thiophene rings is 1. The number of rotatable bonds is 14. The molecule has 1 N–H and O–H groups in total. The molecule has 0 fully saturated rings. The number of benzene rings is 1. The van der Waals surface area contributed by atoms with Gasteiger partial charge >= 0.3 is 0 Å². The lowest BCUT2D eigenvalue weighted by Gasteiger charge is -2.37. The predicted octanol–water partition coefficient (Wildman–Crippen LogP) is 3.54. The van der Waals surface area contributed by atoms with E-state index in [1.165, 1.54) is 4.88 Å². The van der Waals surface area contributed by atoms with Crippen molar-refractivity contribution in [3.05, 3.63) is 58.8 Å². The third-order valence-electron chi connectivity index (χ3n) is 5.78. The van der Waals surface area contributed by atoms with Gasteiger partial charge in [-0.05, 0) is 48.5 Å². The highest BCUT2D eigenvalue weighted by Crippen LogP contribution is 2.34. The number of carbonyl (C=O) groups excluding carboxylic acids is 1. The summed E-state index contributed by atoms with van der Waals surface area (Å²) in [4.78, 5) is 18.7. The van der Waals surface area contributed by atoms with Crippen LogP contribution in [-0.4, -0.2) is 80.0 Å². The number of ether oxygens (including phenoxy) is 3. The summed E-state index contributed by atoms with van der Waals surface area (Å²) in [6.07, 6.45) is 2.74. The van der Waals surface area contributed by atoms with Gasteiger partial charge in [0.2, 0.25) is 5.91 Å². The van der Waals surface area contributed by atoms with Crippen LogP contribution in [0.5, 0.6) is 11.5 Å². The number of methoxy groups -OCH3 is 1. The fourth-order valence-electron chi connectivity index (χ4n) is 4.21. The number of nitrogens with zero attached hydrogens (tertiary/aromatic N) is 2. The van der Waals surface area contributed by atoms with E-state index in [0.717, 1.165) is 30.7 Å². The van der Waals surface area contributed by atoms with Crippen molar-refractivity contribution >= 4 is 17.2 Å². The Morgan fingerprint density at radius 3 is 2.97 bits per heavy atom. The Kier molecular flexibility index (Phi) is 10.4. The minimum absolute atomic E-state index is 0.0451. The first-order valence-corrected chi connectivity index (χ1v) is 12.6. The maximum Gasteiger partial charge on any atom is 0.237 e. The molecule has 2 aromatic rings. The molecule has 2 atom stereocenters. The third kappa shape index (κ3) is 7.30. The van der Waals surface area contributed by atoms with E-state index >= 15 is 0 Å². The summed E-state index contributed by atoms with van der Waals surface area (Å²) in [6, 6.07) is 9.45. The van der Waals surface area contributed by atoms with Crippen LogP contribution in [0.3, 0.4) is 0 Å². The molecular weight excluding hydrogens is 452 g/mol. The van der Waals surface area contributed by atoms with Gasteiger partial charge in [0, 0.05) is 24.0 Å². The average molecular weight is 489 g/mol. The number of aliphatic hydroxyl groups excluding tert-OH is 1. The highest BCUT2D eigenvalue weighted by atomic mass is 32.1. The Balaban J connectivity index is 1.67. The lowest BCUT2D eigenvalue weighted by molar-refractivity contribution is -0.136. The number of amides is 1. The number of carbonyl (C=O) groups is 1. The fraction of sp³-hybridized carbons (Fsp3) is 0.500. The van der Waals surface area contributed by atoms with Crippen LogP contribution < -0.4 is 9.47 Å². The maximum absolute atomic E-state index is 13.5. The number of fused-ring (bicyclic) bond motifs is 1. The quantitative estimate of drug-likeness (QED) is 0.324. The molecule has 0 unspecified atom stereocenters. The molecule has 1 aliphatic rings. The van der Waals surface area contributed by atoms with E-state index in [1.54, 1.807) is 24.5 Å². The van der Waals surface area contributed by atoms with Crippen molar-refractivity contribution in [2.24, 2.45) is 0 Å². The van der Waals surface area contributed by atoms with Crippen LogP contribution in [0.1, 0.15) is 29.8 Å². The molecule has 7 nitrogen and oxygen atoms in total. The van der Waals surface area contributed by atoms with Crippen molar-refractivity contribution in [2.75, 3.05) is 53.1 Å². The van der Waals surface area contributed by atoms with Gasteiger partial charge in [-0.15, -0.1) is 17.9 Å². The Morgan fingerprint density at radius 2 is 2.21 bits per heavy atom. The van der Waals surface area contributed by atoms with Crippen molar-refractivity contribution in [1.29, 1.82) is 0 Å². The largest absolute Gasteiger partial charge is 0.497 e. The van der Waals surface area contributed by atoms with Gasteiger partial charge in [-0.3, -0.25) is 9.69 Å². The van der Waals surface area contributed by atoms with Crippen LogP contribution in [0, 0.1) is 0 Å². The van der Waals surface area contributed by atoms with Crippen molar-refractivity contribution in [3.8, 4) is 11.5 Å². The standard InChI is InChI=1S/C26H36N2O5S/c1-4-11-27(16-20(29)18-32-13-5-2)17-26(30)28-12-9-25-23(10-14-34-25)24(28)19-33-22-8-6-7-21(15-22)31-3/h5-8,10,14-15,20,24,29H,2,4,9,11-13,16-19H2,1,3H3/t20-,24-/m0/s1.